The fraction of sp³-hybridized carbons (Fsp3) is 0.0435. The molecule has 138 valence electrons. The third-order valence-electron chi connectivity index (χ3n) is 4.36. The third kappa shape index (κ3) is 3.64. The van der Waals surface area contributed by atoms with E-state index in [0.29, 0.717) is 22.8 Å². The van der Waals surface area contributed by atoms with E-state index >= 15 is 0 Å². The van der Waals surface area contributed by atoms with Crippen LogP contribution in [0.1, 0.15) is 10.4 Å². The Morgan fingerprint density at radius 3 is 2.43 bits per heavy atom. The van der Waals surface area contributed by atoms with Gasteiger partial charge in [-0.1, -0.05) is 48.5 Å². The Morgan fingerprint density at radius 1 is 0.893 bits per heavy atom. The molecule has 2 N–H and O–H groups in total. The third-order valence-corrected chi connectivity index (χ3v) is 4.36. The maximum atomic E-state index is 13.1. The first-order valence-electron chi connectivity index (χ1n) is 8.91. The first kappa shape index (κ1) is 17.5. The van der Waals surface area contributed by atoms with Crippen molar-refractivity contribution in [3.05, 3.63) is 90.5 Å². The minimum absolute atomic E-state index is 0.223. The summed E-state index contributed by atoms with van der Waals surface area (Å²) in [5, 5.41) is 6.99. The van der Waals surface area contributed by atoms with Gasteiger partial charge in [0.05, 0.1) is 23.9 Å². The monoisotopic (exact) mass is 369 g/mol. The summed E-state index contributed by atoms with van der Waals surface area (Å²) in [5.41, 5.74) is 2.80. The number of pyridine rings is 1. The zero-order valence-corrected chi connectivity index (χ0v) is 15.3. The highest BCUT2D eigenvalue weighted by Crippen LogP contribution is 2.27. The molecule has 1 aromatic heterocycles. The molecule has 0 radical (unpaired) electrons. The van der Waals surface area contributed by atoms with Crippen molar-refractivity contribution in [3.63, 3.8) is 0 Å². The minimum atomic E-state index is -0.223. The van der Waals surface area contributed by atoms with Crippen molar-refractivity contribution in [2.45, 2.75) is 0 Å². The summed E-state index contributed by atoms with van der Waals surface area (Å²) in [4.78, 5) is 17.7. The maximum Gasteiger partial charge on any atom is 0.256 e. The molecule has 4 aromatic rings. The van der Waals surface area contributed by atoms with Crippen LogP contribution in [0.25, 0.3) is 10.9 Å². The van der Waals surface area contributed by atoms with E-state index in [1.54, 1.807) is 13.2 Å². The van der Waals surface area contributed by atoms with Crippen molar-refractivity contribution in [1.29, 1.82) is 0 Å². The Bertz CT molecular complexity index is 1130. The Balaban J connectivity index is 1.73. The summed E-state index contributed by atoms with van der Waals surface area (Å²) in [6.45, 7) is 0. The van der Waals surface area contributed by atoms with Crippen molar-refractivity contribution >= 4 is 34.0 Å². The number of rotatable bonds is 5. The van der Waals surface area contributed by atoms with Crippen LogP contribution >= 0.6 is 0 Å². The molecule has 0 spiro atoms. The van der Waals surface area contributed by atoms with Crippen LogP contribution in [0.5, 0.6) is 5.75 Å². The van der Waals surface area contributed by atoms with Gasteiger partial charge in [-0.3, -0.25) is 4.79 Å². The van der Waals surface area contributed by atoms with E-state index in [-0.39, 0.29) is 5.91 Å². The summed E-state index contributed by atoms with van der Waals surface area (Å²) in [6.07, 6.45) is 0. The molecule has 4 rings (SSSR count). The van der Waals surface area contributed by atoms with Crippen molar-refractivity contribution in [1.82, 2.24) is 4.98 Å². The molecule has 1 amide bonds. The number of carbonyl (C=O) groups excluding carboxylic acids is 1. The highest BCUT2D eigenvalue weighted by Gasteiger charge is 2.15. The van der Waals surface area contributed by atoms with Crippen LogP contribution in [0.2, 0.25) is 0 Å². The van der Waals surface area contributed by atoms with E-state index < -0.39 is 0 Å². The van der Waals surface area contributed by atoms with Crippen molar-refractivity contribution in [2.75, 3.05) is 17.7 Å². The number of anilines is 3. The molecule has 0 saturated heterocycles. The molecule has 3 aromatic carbocycles. The second-order valence-electron chi connectivity index (χ2n) is 6.22. The number of carbonyl (C=O) groups is 1. The number of amides is 1. The van der Waals surface area contributed by atoms with Gasteiger partial charge in [-0.05, 0) is 36.4 Å². The lowest BCUT2D eigenvalue weighted by Gasteiger charge is -2.13. The minimum Gasteiger partial charge on any atom is -0.495 e. The van der Waals surface area contributed by atoms with Crippen LogP contribution in [0.4, 0.5) is 17.2 Å². The second kappa shape index (κ2) is 7.80. The van der Waals surface area contributed by atoms with Gasteiger partial charge in [-0.15, -0.1) is 0 Å². The Kier molecular flexibility index (Phi) is 4.89. The predicted molar refractivity (Wildman–Crippen MR) is 112 cm³/mol. The molecule has 0 unspecified atom stereocenters. The first-order valence-corrected chi connectivity index (χ1v) is 8.91. The number of benzene rings is 3. The van der Waals surface area contributed by atoms with Gasteiger partial charge in [0.2, 0.25) is 0 Å². The number of hydrogen-bond acceptors (Lipinski definition) is 4. The average Bonchev–Trinajstić information content (AvgIpc) is 2.74. The molecule has 0 aliphatic heterocycles. The lowest BCUT2D eigenvalue weighted by Crippen LogP contribution is -2.14. The molecule has 0 saturated carbocycles. The Labute approximate surface area is 163 Å². The number of nitrogens with zero attached hydrogens (tertiary/aromatic N) is 1. The largest absolute Gasteiger partial charge is 0.495 e. The maximum absolute atomic E-state index is 13.1. The summed E-state index contributed by atoms with van der Waals surface area (Å²) < 4.78 is 5.33. The highest BCUT2D eigenvalue weighted by molar-refractivity contribution is 6.13. The van der Waals surface area contributed by atoms with Crippen molar-refractivity contribution < 1.29 is 9.53 Å². The van der Waals surface area contributed by atoms with Gasteiger partial charge in [0.1, 0.15) is 11.6 Å². The number of ether oxygens (including phenoxy) is 1. The van der Waals surface area contributed by atoms with Crippen LogP contribution in [0.15, 0.2) is 84.9 Å². The van der Waals surface area contributed by atoms with Gasteiger partial charge >= 0.3 is 0 Å². The molecule has 0 atom stereocenters. The highest BCUT2D eigenvalue weighted by atomic mass is 16.5. The SMILES string of the molecule is COc1ccccc1NC(=O)c1cc(Nc2ccccc2)nc2ccccc12. The number of aromatic nitrogens is 1. The molecule has 28 heavy (non-hydrogen) atoms. The number of nitrogens with one attached hydrogen (secondary N) is 2. The average molecular weight is 369 g/mol. The van der Waals surface area contributed by atoms with Crippen LogP contribution < -0.4 is 15.4 Å². The van der Waals surface area contributed by atoms with Gasteiger partial charge in [0.15, 0.2) is 0 Å². The number of methoxy groups -OCH3 is 1. The van der Waals surface area contributed by atoms with Crippen LogP contribution in [0.3, 0.4) is 0 Å². The predicted octanol–water partition coefficient (Wildman–Crippen LogP) is 5.24. The van der Waals surface area contributed by atoms with E-state index in [9.17, 15) is 4.79 Å². The van der Waals surface area contributed by atoms with E-state index in [1.807, 2.05) is 78.9 Å². The fourth-order valence-corrected chi connectivity index (χ4v) is 3.03. The van der Waals surface area contributed by atoms with Crippen LogP contribution in [-0.4, -0.2) is 18.0 Å². The van der Waals surface area contributed by atoms with Gasteiger partial charge in [-0.25, -0.2) is 4.98 Å². The summed E-state index contributed by atoms with van der Waals surface area (Å²) >= 11 is 0. The second-order valence-corrected chi connectivity index (χ2v) is 6.22. The molecular weight excluding hydrogens is 350 g/mol. The Morgan fingerprint density at radius 2 is 1.61 bits per heavy atom. The van der Waals surface area contributed by atoms with E-state index in [1.165, 1.54) is 0 Å². The molecular formula is C23H19N3O2. The van der Waals surface area contributed by atoms with Crippen LogP contribution in [-0.2, 0) is 0 Å². The van der Waals surface area contributed by atoms with Gasteiger partial charge in [-0.2, -0.15) is 0 Å². The number of fused-ring (bicyclic) bond motifs is 1. The summed E-state index contributed by atoms with van der Waals surface area (Å²) in [7, 11) is 1.58. The molecule has 0 aliphatic carbocycles. The smallest absolute Gasteiger partial charge is 0.256 e. The van der Waals surface area contributed by atoms with Gasteiger partial charge in [0, 0.05) is 11.1 Å². The van der Waals surface area contributed by atoms with E-state index in [4.69, 9.17) is 4.74 Å². The number of hydrogen-bond donors (Lipinski definition) is 2. The van der Waals surface area contributed by atoms with Gasteiger partial charge in [0.25, 0.3) is 5.91 Å². The lowest BCUT2D eigenvalue weighted by atomic mass is 10.1. The van der Waals surface area contributed by atoms with Crippen molar-refractivity contribution in [3.8, 4) is 5.75 Å². The first-order chi connectivity index (χ1) is 13.7. The van der Waals surface area contributed by atoms with Crippen LogP contribution in [0, 0.1) is 0 Å². The Hall–Kier alpha value is -3.86. The zero-order chi connectivity index (χ0) is 19.3. The molecule has 1 heterocycles. The number of para-hydroxylation sites is 4. The molecule has 0 aliphatic rings. The quantitative estimate of drug-likeness (QED) is 0.505. The van der Waals surface area contributed by atoms with Gasteiger partial charge < -0.3 is 15.4 Å². The molecule has 5 nitrogen and oxygen atoms in total. The normalized spacial score (nSPS) is 10.5. The lowest BCUT2D eigenvalue weighted by molar-refractivity contribution is 0.102. The molecule has 0 fully saturated rings. The van der Waals surface area contributed by atoms with E-state index in [0.717, 1.165) is 16.6 Å². The molecule has 0 bridgehead atoms. The standard InChI is InChI=1S/C23H19N3O2/c1-28-21-14-8-7-13-20(21)26-23(27)18-15-22(24-16-9-3-2-4-10-16)25-19-12-6-5-11-17(18)19/h2-15H,1H3,(H,24,25)(H,26,27). The van der Waals surface area contributed by atoms with Crippen molar-refractivity contribution in [2.24, 2.45) is 0 Å². The summed E-state index contributed by atoms with van der Waals surface area (Å²) in [5.74, 6) is 0.992. The van der Waals surface area contributed by atoms with E-state index in [2.05, 4.69) is 15.6 Å². The molecule has 5 heteroatoms. The zero-order valence-electron chi connectivity index (χ0n) is 15.3. The summed E-state index contributed by atoms with van der Waals surface area (Å²) in [6, 6.07) is 26.4. The topological polar surface area (TPSA) is 63.2 Å². The fourth-order valence-electron chi connectivity index (χ4n) is 3.03.